The summed E-state index contributed by atoms with van der Waals surface area (Å²) in [4.78, 5) is 50.8. The van der Waals surface area contributed by atoms with Crippen LogP contribution in [0.4, 0.5) is 0 Å². The summed E-state index contributed by atoms with van der Waals surface area (Å²) in [7, 11) is 0. The van der Waals surface area contributed by atoms with Crippen LogP contribution in [0, 0.1) is 6.92 Å². The van der Waals surface area contributed by atoms with Gasteiger partial charge in [-0.25, -0.2) is 4.79 Å². The standard InChI is InChI=1S/C15H15NO5/c1-10-4-2-3-5-11(10)12(17)6-9-15(20)21-16-13(18)7-8-14(16)19/h2-5H,6-9H2,1H3. The molecule has 0 unspecified atom stereocenters. The summed E-state index contributed by atoms with van der Waals surface area (Å²) >= 11 is 0. The first-order valence-electron chi connectivity index (χ1n) is 6.64. The van der Waals surface area contributed by atoms with Crippen LogP contribution < -0.4 is 0 Å². The summed E-state index contributed by atoms with van der Waals surface area (Å²) in [6.07, 6.45) is -0.105. The summed E-state index contributed by atoms with van der Waals surface area (Å²) in [5, 5.41) is 0.487. The van der Waals surface area contributed by atoms with E-state index < -0.39 is 17.8 Å². The van der Waals surface area contributed by atoms with E-state index in [-0.39, 0.29) is 31.5 Å². The molecule has 6 nitrogen and oxygen atoms in total. The minimum atomic E-state index is -0.763. The molecule has 2 rings (SSSR count). The average Bonchev–Trinajstić information content (AvgIpc) is 2.77. The lowest BCUT2D eigenvalue weighted by atomic mass is 10.0. The molecular formula is C15H15NO5. The molecule has 0 N–H and O–H groups in total. The van der Waals surface area contributed by atoms with Gasteiger partial charge in [-0.05, 0) is 12.5 Å². The Labute approximate surface area is 121 Å². The zero-order valence-corrected chi connectivity index (χ0v) is 11.6. The minimum absolute atomic E-state index is 0.0279. The molecule has 1 aliphatic heterocycles. The van der Waals surface area contributed by atoms with Crippen LogP contribution in [0.2, 0.25) is 0 Å². The van der Waals surface area contributed by atoms with Gasteiger partial charge in [0.2, 0.25) is 0 Å². The van der Waals surface area contributed by atoms with Crippen molar-refractivity contribution in [3.8, 4) is 0 Å². The van der Waals surface area contributed by atoms with Crippen LogP contribution in [0.3, 0.4) is 0 Å². The number of Topliss-reactive ketones (excluding diaryl/α,β-unsaturated/α-hetero) is 1. The minimum Gasteiger partial charge on any atom is -0.330 e. The smallest absolute Gasteiger partial charge is 0.330 e. The van der Waals surface area contributed by atoms with E-state index in [0.717, 1.165) is 5.56 Å². The fraction of sp³-hybridized carbons (Fsp3) is 0.333. The molecule has 0 atom stereocenters. The van der Waals surface area contributed by atoms with Crippen LogP contribution in [-0.4, -0.2) is 28.6 Å². The van der Waals surface area contributed by atoms with Crippen molar-refractivity contribution < 1.29 is 24.0 Å². The number of hydrogen-bond acceptors (Lipinski definition) is 5. The van der Waals surface area contributed by atoms with E-state index in [2.05, 4.69) is 0 Å². The van der Waals surface area contributed by atoms with Crippen molar-refractivity contribution in [1.29, 1.82) is 0 Å². The summed E-state index contributed by atoms with van der Waals surface area (Å²) in [5.74, 6) is -2.00. The molecule has 21 heavy (non-hydrogen) atoms. The van der Waals surface area contributed by atoms with E-state index in [9.17, 15) is 19.2 Å². The SMILES string of the molecule is Cc1ccccc1C(=O)CCC(=O)ON1C(=O)CCC1=O. The van der Waals surface area contributed by atoms with Crippen molar-refractivity contribution in [1.82, 2.24) is 5.06 Å². The highest BCUT2D eigenvalue weighted by Crippen LogP contribution is 2.14. The average molecular weight is 289 g/mol. The zero-order valence-electron chi connectivity index (χ0n) is 11.6. The third-order valence-corrected chi connectivity index (χ3v) is 3.20. The Bertz CT molecular complexity index is 592. The molecule has 1 fully saturated rings. The van der Waals surface area contributed by atoms with Gasteiger partial charge < -0.3 is 4.84 Å². The number of hydroxylamine groups is 2. The molecule has 0 saturated carbocycles. The Hall–Kier alpha value is -2.50. The highest BCUT2D eigenvalue weighted by Gasteiger charge is 2.32. The number of benzene rings is 1. The fourth-order valence-electron chi connectivity index (χ4n) is 2.04. The number of carbonyl (C=O) groups excluding carboxylic acids is 4. The molecule has 2 amide bonds. The van der Waals surface area contributed by atoms with Crippen molar-refractivity contribution in [2.75, 3.05) is 0 Å². The Morgan fingerprint density at radius 1 is 1.10 bits per heavy atom. The second kappa shape index (κ2) is 6.30. The number of ketones is 1. The van der Waals surface area contributed by atoms with Crippen LogP contribution in [0.1, 0.15) is 41.6 Å². The Morgan fingerprint density at radius 3 is 2.33 bits per heavy atom. The number of hydrogen-bond donors (Lipinski definition) is 0. The molecule has 0 aliphatic carbocycles. The number of aryl methyl sites for hydroxylation is 1. The second-order valence-corrected chi connectivity index (χ2v) is 4.78. The number of nitrogens with zero attached hydrogens (tertiary/aromatic N) is 1. The van der Waals surface area contributed by atoms with Gasteiger partial charge >= 0.3 is 5.97 Å². The van der Waals surface area contributed by atoms with Crippen molar-refractivity contribution in [3.05, 3.63) is 35.4 Å². The molecule has 1 aromatic carbocycles. The lowest BCUT2D eigenvalue weighted by molar-refractivity contribution is -0.197. The van der Waals surface area contributed by atoms with Gasteiger partial charge in [-0.1, -0.05) is 24.3 Å². The van der Waals surface area contributed by atoms with E-state index >= 15 is 0 Å². The van der Waals surface area contributed by atoms with Crippen LogP contribution in [0.15, 0.2) is 24.3 Å². The molecule has 0 radical (unpaired) electrons. The summed E-state index contributed by atoms with van der Waals surface area (Å²) in [6, 6.07) is 7.08. The predicted octanol–water partition coefficient (Wildman–Crippen LogP) is 1.57. The first-order chi connectivity index (χ1) is 9.99. The van der Waals surface area contributed by atoms with Gasteiger partial charge in [0.05, 0.1) is 6.42 Å². The topological polar surface area (TPSA) is 80.8 Å². The van der Waals surface area contributed by atoms with E-state index in [1.54, 1.807) is 12.1 Å². The molecule has 0 bridgehead atoms. The number of imide groups is 1. The van der Waals surface area contributed by atoms with Gasteiger partial charge in [-0.3, -0.25) is 14.4 Å². The summed E-state index contributed by atoms with van der Waals surface area (Å²) < 4.78 is 0. The summed E-state index contributed by atoms with van der Waals surface area (Å²) in [5.41, 5.74) is 1.39. The monoisotopic (exact) mass is 289 g/mol. The van der Waals surface area contributed by atoms with Gasteiger partial charge in [0.25, 0.3) is 11.8 Å². The quantitative estimate of drug-likeness (QED) is 0.607. The number of carbonyl (C=O) groups is 4. The molecule has 110 valence electrons. The maximum absolute atomic E-state index is 12.0. The third kappa shape index (κ3) is 3.53. The highest BCUT2D eigenvalue weighted by atomic mass is 16.7. The second-order valence-electron chi connectivity index (χ2n) is 4.78. The van der Waals surface area contributed by atoms with Crippen LogP contribution in [-0.2, 0) is 19.2 Å². The summed E-state index contributed by atoms with van der Waals surface area (Å²) in [6.45, 7) is 1.81. The van der Waals surface area contributed by atoms with Gasteiger partial charge in [-0.15, -0.1) is 5.06 Å². The lowest BCUT2D eigenvalue weighted by Gasteiger charge is -2.12. The number of amides is 2. The van der Waals surface area contributed by atoms with Crippen molar-refractivity contribution in [3.63, 3.8) is 0 Å². The van der Waals surface area contributed by atoms with E-state index in [4.69, 9.17) is 4.84 Å². The van der Waals surface area contributed by atoms with E-state index in [1.807, 2.05) is 19.1 Å². The lowest BCUT2D eigenvalue weighted by Crippen LogP contribution is -2.32. The Morgan fingerprint density at radius 2 is 1.71 bits per heavy atom. The van der Waals surface area contributed by atoms with E-state index in [1.165, 1.54) is 0 Å². The zero-order chi connectivity index (χ0) is 15.4. The largest absolute Gasteiger partial charge is 0.333 e. The molecule has 0 aromatic heterocycles. The maximum atomic E-state index is 12.0. The van der Waals surface area contributed by atoms with Crippen molar-refractivity contribution in [2.45, 2.75) is 32.6 Å². The number of rotatable bonds is 5. The molecule has 1 aliphatic rings. The first-order valence-corrected chi connectivity index (χ1v) is 6.64. The molecule has 0 spiro atoms. The molecule has 1 saturated heterocycles. The van der Waals surface area contributed by atoms with Gasteiger partial charge in [0, 0.05) is 24.8 Å². The van der Waals surface area contributed by atoms with Crippen LogP contribution >= 0.6 is 0 Å². The highest BCUT2D eigenvalue weighted by molar-refractivity contribution is 6.02. The van der Waals surface area contributed by atoms with Crippen molar-refractivity contribution >= 4 is 23.6 Å². The van der Waals surface area contributed by atoms with Crippen molar-refractivity contribution in [2.24, 2.45) is 0 Å². The predicted molar refractivity (Wildman–Crippen MR) is 71.9 cm³/mol. The molecule has 6 heteroatoms. The van der Waals surface area contributed by atoms with Crippen LogP contribution in [0.25, 0.3) is 0 Å². The third-order valence-electron chi connectivity index (χ3n) is 3.20. The molecular weight excluding hydrogens is 274 g/mol. The Kier molecular flexibility index (Phi) is 4.47. The Balaban J connectivity index is 1.87. The van der Waals surface area contributed by atoms with Gasteiger partial charge in [0.15, 0.2) is 5.78 Å². The maximum Gasteiger partial charge on any atom is 0.333 e. The van der Waals surface area contributed by atoms with Gasteiger partial charge in [0.1, 0.15) is 0 Å². The normalized spacial score (nSPS) is 14.4. The molecule has 1 heterocycles. The fourth-order valence-corrected chi connectivity index (χ4v) is 2.04. The van der Waals surface area contributed by atoms with Gasteiger partial charge in [-0.2, -0.15) is 0 Å². The van der Waals surface area contributed by atoms with Crippen LogP contribution in [0.5, 0.6) is 0 Å². The molecule has 1 aromatic rings. The first kappa shape index (κ1) is 14.9. The van der Waals surface area contributed by atoms with E-state index in [0.29, 0.717) is 10.6 Å².